The third kappa shape index (κ3) is 3.87. The summed E-state index contributed by atoms with van der Waals surface area (Å²) in [6, 6.07) is 0.0334. The van der Waals surface area contributed by atoms with Gasteiger partial charge in [-0.2, -0.15) is 0 Å². The van der Waals surface area contributed by atoms with Crippen LogP contribution in [-0.2, 0) is 0 Å². The van der Waals surface area contributed by atoms with Crippen LogP contribution in [0, 0.1) is 5.92 Å². The summed E-state index contributed by atoms with van der Waals surface area (Å²) >= 11 is 0. The van der Waals surface area contributed by atoms with Crippen LogP contribution < -0.4 is 11.3 Å². The summed E-state index contributed by atoms with van der Waals surface area (Å²) in [7, 11) is 0. The monoisotopic (exact) mass is 218 g/mol. The van der Waals surface area contributed by atoms with Gasteiger partial charge in [-0.25, -0.2) is 8.78 Å². The summed E-state index contributed by atoms with van der Waals surface area (Å²) in [5, 5.41) is 0. The van der Waals surface area contributed by atoms with Crippen LogP contribution in [0.25, 0.3) is 0 Å². The Kier molecular flexibility index (Phi) is 4.22. The SMILES string of the molecule is CC(C)=CC(NN)C1CCC(F)(F)CC1. The maximum atomic E-state index is 12.9. The Morgan fingerprint density at radius 3 is 2.33 bits per heavy atom. The molecule has 0 saturated heterocycles. The van der Waals surface area contributed by atoms with E-state index in [9.17, 15) is 8.78 Å². The summed E-state index contributed by atoms with van der Waals surface area (Å²) in [5.41, 5.74) is 3.87. The lowest BCUT2D eigenvalue weighted by atomic mass is 9.82. The predicted molar refractivity (Wildman–Crippen MR) is 57.4 cm³/mol. The summed E-state index contributed by atoms with van der Waals surface area (Å²) in [4.78, 5) is 0. The number of allylic oxidation sites excluding steroid dienone is 1. The van der Waals surface area contributed by atoms with Gasteiger partial charge in [0.2, 0.25) is 5.92 Å². The van der Waals surface area contributed by atoms with Gasteiger partial charge in [0, 0.05) is 18.9 Å². The van der Waals surface area contributed by atoms with Crippen molar-refractivity contribution in [1.82, 2.24) is 5.43 Å². The Morgan fingerprint density at radius 1 is 1.40 bits per heavy atom. The first-order valence-corrected chi connectivity index (χ1v) is 5.43. The second-order valence-corrected chi connectivity index (χ2v) is 4.63. The molecule has 0 amide bonds. The summed E-state index contributed by atoms with van der Waals surface area (Å²) in [6.45, 7) is 3.98. The molecule has 15 heavy (non-hydrogen) atoms. The first kappa shape index (κ1) is 12.6. The second kappa shape index (κ2) is 5.03. The van der Waals surface area contributed by atoms with Gasteiger partial charge < -0.3 is 0 Å². The van der Waals surface area contributed by atoms with Crippen LogP contribution in [0.15, 0.2) is 11.6 Å². The summed E-state index contributed by atoms with van der Waals surface area (Å²) in [5.74, 6) is 3.22. The Hall–Kier alpha value is -0.480. The zero-order chi connectivity index (χ0) is 11.5. The molecule has 0 bridgehead atoms. The van der Waals surface area contributed by atoms with Gasteiger partial charge in [-0.3, -0.25) is 11.3 Å². The number of hydrogen-bond acceptors (Lipinski definition) is 2. The van der Waals surface area contributed by atoms with E-state index in [0.717, 1.165) is 5.57 Å². The van der Waals surface area contributed by atoms with Crippen LogP contribution in [0.1, 0.15) is 39.5 Å². The maximum Gasteiger partial charge on any atom is 0.248 e. The number of rotatable bonds is 3. The molecule has 1 atom stereocenters. The van der Waals surface area contributed by atoms with Gasteiger partial charge in [-0.15, -0.1) is 0 Å². The van der Waals surface area contributed by atoms with E-state index in [1.807, 2.05) is 19.9 Å². The minimum absolute atomic E-state index is 0.00749. The van der Waals surface area contributed by atoms with Crippen molar-refractivity contribution in [3.8, 4) is 0 Å². The van der Waals surface area contributed by atoms with Crippen molar-refractivity contribution in [2.45, 2.75) is 51.5 Å². The summed E-state index contributed by atoms with van der Waals surface area (Å²) in [6.07, 6.45) is 3.10. The number of halogens is 2. The van der Waals surface area contributed by atoms with E-state index in [-0.39, 0.29) is 24.8 Å². The average Bonchev–Trinajstić information content (AvgIpc) is 2.14. The molecule has 0 aromatic heterocycles. The van der Waals surface area contributed by atoms with E-state index >= 15 is 0 Å². The van der Waals surface area contributed by atoms with Crippen molar-refractivity contribution >= 4 is 0 Å². The normalized spacial score (nSPS) is 23.5. The highest BCUT2D eigenvalue weighted by molar-refractivity contribution is 5.03. The molecule has 0 spiro atoms. The van der Waals surface area contributed by atoms with Gasteiger partial charge in [0.15, 0.2) is 0 Å². The van der Waals surface area contributed by atoms with Gasteiger partial charge >= 0.3 is 0 Å². The zero-order valence-corrected chi connectivity index (χ0v) is 9.39. The molecular weight excluding hydrogens is 198 g/mol. The molecule has 1 unspecified atom stereocenters. The summed E-state index contributed by atoms with van der Waals surface area (Å²) < 4.78 is 25.9. The number of hydrogen-bond donors (Lipinski definition) is 2. The highest BCUT2D eigenvalue weighted by atomic mass is 19.3. The fraction of sp³-hybridized carbons (Fsp3) is 0.818. The van der Waals surface area contributed by atoms with Gasteiger partial charge in [0.25, 0.3) is 0 Å². The third-order valence-electron chi connectivity index (χ3n) is 2.97. The second-order valence-electron chi connectivity index (χ2n) is 4.63. The van der Waals surface area contributed by atoms with E-state index in [1.165, 1.54) is 0 Å². The highest BCUT2D eigenvalue weighted by Gasteiger charge is 2.36. The molecule has 0 aromatic carbocycles. The van der Waals surface area contributed by atoms with Crippen molar-refractivity contribution in [3.63, 3.8) is 0 Å². The molecule has 0 radical (unpaired) electrons. The van der Waals surface area contributed by atoms with E-state index in [1.54, 1.807) is 0 Å². The lowest BCUT2D eigenvalue weighted by Gasteiger charge is -2.32. The van der Waals surface area contributed by atoms with E-state index in [0.29, 0.717) is 12.8 Å². The fourth-order valence-corrected chi connectivity index (χ4v) is 2.10. The number of nitrogens with two attached hydrogens (primary N) is 1. The standard InChI is InChI=1S/C11H20F2N2/c1-8(2)7-10(15-14)9-3-5-11(12,13)6-4-9/h7,9-10,15H,3-6,14H2,1-2H3. The molecule has 4 heteroatoms. The van der Waals surface area contributed by atoms with Gasteiger partial charge in [0.05, 0.1) is 0 Å². The first-order valence-electron chi connectivity index (χ1n) is 5.43. The van der Waals surface area contributed by atoms with Gasteiger partial charge in [-0.05, 0) is 32.6 Å². The minimum Gasteiger partial charge on any atom is -0.271 e. The molecule has 1 fully saturated rings. The molecule has 88 valence electrons. The predicted octanol–water partition coefficient (Wildman–Crippen LogP) is 2.61. The molecule has 1 rings (SSSR count). The van der Waals surface area contributed by atoms with Crippen molar-refractivity contribution < 1.29 is 8.78 Å². The van der Waals surface area contributed by atoms with Crippen LogP contribution in [0.3, 0.4) is 0 Å². The van der Waals surface area contributed by atoms with E-state index in [4.69, 9.17) is 5.84 Å². The van der Waals surface area contributed by atoms with Crippen LogP contribution in [-0.4, -0.2) is 12.0 Å². The van der Waals surface area contributed by atoms with Crippen molar-refractivity contribution in [2.75, 3.05) is 0 Å². The van der Waals surface area contributed by atoms with E-state index < -0.39 is 5.92 Å². The van der Waals surface area contributed by atoms with Crippen molar-refractivity contribution in [2.24, 2.45) is 11.8 Å². The molecular formula is C11H20F2N2. The molecule has 1 saturated carbocycles. The van der Waals surface area contributed by atoms with Crippen LogP contribution in [0.4, 0.5) is 8.78 Å². The average molecular weight is 218 g/mol. The minimum atomic E-state index is -2.46. The van der Waals surface area contributed by atoms with Crippen molar-refractivity contribution in [1.29, 1.82) is 0 Å². The smallest absolute Gasteiger partial charge is 0.248 e. The lowest BCUT2D eigenvalue weighted by Crippen LogP contribution is -2.42. The number of alkyl halides is 2. The molecule has 1 aliphatic carbocycles. The van der Waals surface area contributed by atoms with Crippen LogP contribution in [0.2, 0.25) is 0 Å². The van der Waals surface area contributed by atoms with Gasteiger partial charge in [0.1, 0.15) is 0 Å². The third-order valence-corrected chi connectivity index (χ3v) is 2.97. The first-order chi connectivity index (χ1) is 6.94. The van der Waals surface area contributed by atoms with Crippen molar-refractivity contribution in [3.05, 3.63) is 11.6 Å². The topological polar surface area (TPSA) is 38.0 Å². The highest BCUT2D eigenvalue weighted by Crippen LogP contribution is 2.37. The van der Waals surface area contributed by atoms with Crippen LogP contribution >= 0.6 is 0 Å². The van der Waals surface area contributed by atoms with Gasteiger partial charge in [-0.1, -0.05) is 11.6 Å². The largest absolute Gasteiger partial charge is 0.271 e. The molecule has 0 aliphatic heterocycles. The molecule has 1 aliphatic rings. The Balaban J connectivity index is 2.54. The lowest BCUT2D eigenvalue weighted by molar-refractivity contribution is -0.0479. The molecule has 0 aromatic rings. The Bertz CT molecular complexity index is 225. The number of nitrogens with one attached hydrogen (secondary N) is 1. The van der Waals surface area contributed by atoms with Crippen LogP contribution in [0.5, 0.6) is 0 Å². The molecule has 3 N–H and O–H groups in total. The molecule has 2 nitrogen and oxygen atoms in total. The molecule has 0 heterocycles. The zero-order valence-electron chi connectivity index (χ0n) is 9.39. The Labute approximate surface area is 89.9 Å². The fourth-order valence-electron chi connectivity index (χ4n) is 2.10. The quantitative estimate of drug-likeness (QED) is 0.434. The Morgan fingerprint density at radius 2 is 1.93 bits per heavy atom. The maximum absolute atomic E-state index is 12.9. The van der Waals surface area contributed by atoms with E-state index in [2.05, 4.69) is 5.43 Å². The number of hydrazine groups is 1.